The average molecular weight is 339 g/mol. The van der Waals surface area contributed by atoms with E-state index in [1.807, 2.05) is 18.3 Å². The number of methoxy groups -OCH3 is 1. The van der Waals surface area contributed by atoms with Crippen molar-refractivity contribution in [1.82, 2.24) is 15.1 Å². The van der Waals surface area contributed by atoms with Gasteiger partial charge in [-0.3, -0.25) is 4.79 Å². The van der Waals surface area contributed by atoms with Gasteiger partial charge in [0, 0.05) is 19.2 Å². The molecule has 1 aromatic heterocycles. The first-order valence-electron chi connectivity index (χ1n) is 7.89. The van der Waals surface area contributed by atoms with Crippen LogP contribution >= 0.6 is 0 Å². The van der Waals surface area contributed by atoms with E-state index in [1.54, 1.807) is 35.0 Å². The van der Waals surface area contributed by atoms with Crippen LogP contribution < -0.4 is 10.1 Å². The molecule has 3 aromatic rings. The van der Waals surface area contributed by atoms with Gasteiger partial charge < -0.3 is 10.1 Å². The van der Waals surface area contributed by atoms with Crippen molar-refractivity contribution in [3.63, 3.8) is 0 Å². The zero-order valence-corrected chi connectivity index (χ0v) is 13.8. The number of halogens is 1. The molecule has 128 valence electrons. The molecular formula is C19H18FN3O2. The minimum atomic E-state index is -0.282. The number of para-hydroxylation sites is 1. The summed E-state index contributed by atoms with van der Waals surface area (Å²) in [5.41, 5.74) is 2.12. The van der Waals surface area contributed by atoms with Crippen molar-refractivity contribution < 1.29 is 13.9 Å². The second kappa shape index (κ2) is 7.61. The van der Waals surface area contributed by atoms with Gasteiger partial charge in [-0.15, -0.1) is 0 Å². The van der Waals surface area contributed by atoms with Gasteiger partial charge in [-0.2, -0.15) is 5.10 Å². The van der Waals surface area contributed by atoms with Crippen molar-refractivity contribution >= 4 is 5.91 Å². The van der Waals surface area contributed by atoms with Crippen LogP contribution in [0.4, 0.5) is 4.39 Å². The zero-order valence-electron chi connectivity index (χ0n) is 13.8. The van der Waals surface area contributed by atoms with E-state index in [-0.39, 0.29) is 11.7 Å². The first-order chi connectivity index (χ1) is 12.2. The Labute approximate surface area is 145 Å². The Bertz CT molecular complexity index is 859. The molecule has 1 heterocycles. The lowest BCUT2D eigenvalue weighted by Crippen LogP contribution is -2.26. The Morgan fingerprint density at radius 2 is 1.92 bits per heavy atom. The lowest BCUT2D eigenvalue weighted by molar-refractivity contribution is 0.0951. The van der Waals surface area contributed by atoms with E-state index in [9.17, 15) is 9.18 Å². The van der Waals surface area contributed by atoms with Gasteiger partial charge in [0.1, 0.15) is 11.6 Å². The minimum Gasteiger partial charge on any atom is -0.496 e. The molecule has 0 saturated carbocycles. The molecule has 3 rings (SSSR count). The predicted octanol–water partition coefficient (Wildman–Crippen LogP) is 2.99. The Morgan fingerprint density at radius 3 is 2.68 bits per heavy atom. The third-order valence-electron chi connectivity index (χ3n) is 3.75. The SMILES string of the molecule is COc1ccccc1C(=O)NCCc1ccn(-c2ccc(F)cc2)n1. The van der Waals surface area contributed by atoms with Crippen LogP contribution in [0.5, 0.6) is 5.75 Å². The molecular weight excluding hydrogens is 321 g/mol. The smallest absolute Gasteiger partial charge is 0.255 e. The lowest BCUT2D eigenvalue weighted by atomic mass is 10.2. The maximum atomic E-state index is 13.0. The summed E-state index contributed by atoms with van der Waals surface area (Å²) in [6, 6.07) is 15.1. The van der Waals surface area contributed by atoms with Crippen molar-refractivity contribution in [3.8, 4) is 11.4 Å². The van der Waals surface area contributed by atoms with Crippen molar-refractivity contribution in [2.75, 3.05) is 13.7 Å². The fourth-order valence-electron chi connectivity index (χ4n) is 2.46. The quantitative estimate of drug-likeness (QED) is 0.751. The molecule has 0 bridgehead atoms. The molecule has 5 nitrogen and oxygen atoms in total. The predicted molar refractivity (Wildman–Crippen MR) is 92.6 cm³/mol. The Kier molecular flexibility index (Phi) is 5.09. The number of amides is 1. The third-order valence-corrected chi connectivity index (χ3v) is 3.75. The van der Waals surface area contributed by atoms with Crippen LogP contribution in [0.25, 0.3) is 5.69 Å². The molecule has 6 heteroatoms. The largest absolute Gasteiger partial charge is 0.496 e. The highest BCUT2D eigenvalue weighted by atomic mass is 19.1. The minimum absolute atomic E-state index is 0.185. The van der Waals surface area contributed by atoms with Crippen LogP contribution in [0.15, 0.2) is 60.8 Å². The summed E-state index contributed by atoms with van der Waals surface area (Å²) in [5.74, 6) is 0.0752. The van der Waals surface area contributed by atoms with Gasteiger partial charge in [-0.05, 0) is 42.5 Å². The molecule has 1 amide bonds. The second-order valence-electron chi connectivity index (χ2n) is 5.43. The number of nitrogens with zero attached hydrogens (tertiary/aromatic N) is 2. The molecule has 0 atom stereocenters. The number of carbonyl (C=O) groups is 1. The summed E-state index contributed by atoms with van der Waals surface area (Å²) < 4.78 is 19.8. The van der Waals surface area contributed by atoms with Gasteiger partial charge in [-0.1, -0.05) is 12.1 Å². The Hall–Kier alpha value is -3.15. The number of hydrogen-bond acceptors (Lipinski definition) is 3. The summed E-state index contributed by atoms with van der Waals surface area (Å²) in [6.07, 6.45) is 2.40. The van der Waals surface area contributed by atoms with E-state index in [0.717, 1.165) is 11.4 Å². The van der Waals surface area contributed by atoms with Crippen molar-refractivity contribution in [2.24, 2.45) is 0 Å². The monoisotopic (exact) mass is 339 g/mol. The molecule has 0 spiro atoms. The molecule has 0 aliphatic carbocycles. The van der Waals surface area contributed by atoms with Crippen molar-refractivity contribution in [2.45, 2.75) is 6.42 Å². The van der Waals surface area contributed by atoms with E-state index in [2.05, 4.69) is 10.4 Å². The van der Waals surface area contributed by atoms with E-state index >= 15 is 0 Å². The fraction of sp³-hybridized carbons (Fsp3) is 0.158. The van der Waals surface area contributed by atoms with Crippen LogP contribution in [-0.4, -0.2) is 29.3 Å². The number of benzene rings is 2. The maximum absolute atomic E-state index is 13.0. The van der Waals surface area contributed by atoms with E-state index in [4.69, 9.17) is 4.74 Å². The van der Waals surface area contributed by atoms with E-state index < -0.39 is 0 Å². The molecule has 0 aliphatic rings. The van der Waals surface area contributed by atoms with Crippen LogP contribution in [0, 0.1) is 5.82 Å². The number of aromatic nitrogens is 2. The van der Waals surface area contributed by atoms with Crippen molar-refractivity contribution in [1.29, 1.82) is 0 Å². The second-order valence-corrected chi connectivity index (χ2v) is 5.43. The van der Waals surface area contributed by atoms with Gasteiger partial charge in [0.05, 0.1) is 24.1 Å². The molecule has 0 fully saturated rings. The summed E-state index contributed by atoms with van der Waals surface area (Å²) in [6.45, 7) is 0.456. The molecule has 0 radical (unpaired) electrons. The number of nitrogens with one attached hydrogen (secondary N) is 1. The van der Waals surface area contributed by atoms with Crippen LogP contribution in [0.3, 0.4) is 0 Å². The summed E-state index contributed by atoms with van der Waals surface area (Å²) in [4.78, 5) is 12.2. The van der Waals surface area contributed by atoms with Gasteiger partial charge in [-0.25, -0.2) is 9.07 Å². The molecule has 2 aromatic carbocycles. The number of ether oxygens (including phenoxy) is 1. The highest BCUT2D eigenvalue weighted by Crippen LogP contribution is 2.16. The number of rotatable bonds is 6. The van der Waals surface area contributed by atoms with Gasteiger partial charge in [0.25, 0.3) is 5.91 Å². The lowest BCUT2D eigenvalue weighted by Gasteiger charge is -2.08. The average Bonchev–Trinajstić information content (AvgIpc) is 3.11. The Morgan fingerprint density at radius 1 is 1.16 bits per heavy atom. The molecule has 0 unspecified atom stereocenters. The molecule has 25 heavy (non-hydrogen) atoms. The van der Waals surface area contributed by atoms with Gasteiger partial charge in [0.2, 0.25) is 0 Å². The molecule has 0 aliphatic heterocycles. The standard InChI is InChI=1S/C19H18FN3O2/c1-25-18-5-3-2-4-17(18)19(24)21-12-10-15-11-13-23(22-15)16-8-6-14(20)7-9-16/h2-9,11,13H,10,12H2,1H3,(H,21,24). The van der Waals surface area contributed by atoms with Gasteiger partial charge in [0.15, 0.2) is 0 Å². The summed E-state index contributed by atoms with van der Waals surface area (Å²) in [7, 11) is 1.54. The van der Waals surface area contributed by atoms with E-state index in [0.29, 0.717) is 24.3 Å². The number of carbonyl (C=O) groups excluding carboxylic acids is 1. The fourth-order valence-corrected chi connectivity index (χ4v) is 2.46. The zero-order chi connectivity index (χ0) is 17.6. The number of hydrogen-bond donors (Lipinski definition) is 1. The van der Waals surface area contributed by atoms with Crippen LogP contribution in [0.1, 0.15) is 16.1 Å². The van der Waals surface area contributed by atoms with Gasteiger partial charge >= 0.3 is 0 Å². The first-order valence-corrected chi connectivity index (χ1v) is 7.89. The van der Waals surface area contributed by atoms with Crippen LogP contribution in [0.2, 0.25) is 0 Å². The first kappa shape index (κ1) is 16.7. The highest BCUT2D eigenvalue weighted by molar-refractivity contribution is 5.96. The summed E-state index contributed by atoms with van der Waals surface area (Å²) in [5, 5.41) is 7.29. The third kappa shape index (κ3) is 4.03. The van der Waals surface area contributed by atoms with Crippen molar-refractivity contribution in [3.05, 3.63) is 77.9 Å². The van der Waals surface area contributed by atoms with E-state index in [1.165, 1.54) is 19.2 Å². The summed E-state index contributed by atoms with van der Waals surface area (Å²) >= 11 is 0. The Balaban J connectivity index is 1.57. The topological polar surface area (TPSA) is 56.1 Å². The normalized spacial score (nSPS) is 10.5. The van der Waals surface area contributed by atoms with Crippen LogP contribution in [-0.2, 0) is 6.42 Å². The maximum Gasteiger partial charge on any atom is 0.255 e. The molecule has 1 N–H and O–H groups in total. The molecule has 0 saturated heterocycles. The highest BCUT2D eigenvalue weighted by Gasteiger charge is 2.11.